The number of primary amides is 1. The molecule has 0 bridgehead atoms. The van der Waals surface area contributed by atoms with Crippen molar-refractivity contribution in [2.75, 3.05) is 11.4 Å². The first kappa shape index (κ1) is 12.3. The molecule has 0 spiro atoms. The Labute approximate surface area is 104 Å². The van der Waals surface area contributed by atoms with Crippen molar-refractivity contribution in [3.8, 4) is 0 Å². The summed E-state index contributed by atoms with van der Waals surface area (Å²) in [5, 5.41) is 9.06. The van der Waals surface area contributed by atoms with E-state index >= 15 is 0 Å². The van der Waals surface area contributed by atoms with Crippen molar-refractivity contribution in [3.63, 3.8) is 0 Å². The highest BCUT2D eigenvalue weighted by Gasteiger charge is 2.36. The van der Waals surface area contributed by atoms with E-state index in [1.807, 2.05) is 11.8 Å². The molecule has 2 rings (SSSR count). The van der Waals surface area contributed by atoms with Gasteiger partial charge in [0.05, 0.1) is 11.5 Å². The number of carboxylic acid groups (broad SMARTS) is 1. The fourth-order valence-corrected chi connectivity index (χ4v) is 2.29. The molecule has 1 aromatic heterocycles. The second-order valence-corrected chi connectivity index (χ2v) is 4.44. The van der Waals surface area contributed by atoms with E-state index in [4.69, 9.17) is 10.8 Å². The number of aromatic nitrogens is 1. The number of hydrogen-bond donors (Lipinski definition) is 2. The molecule has 96 valence electrons. The van der Waals surface area contributed by atoms with Crippen molar-refractivity contribution in [1.29, 1.82) is 0 Å². The van der Waals surface area contributed by atoms with Crippen LogP contribution >= 0.6 is 0 Å². The van der Waals surface area contributed by atoms with Crippen LogP contribution in [0.3, 0.4) is 0 Å². The van der Waals surface area contributed by atoms with Gasteiger partial charge in [-0.05, 0) is 25.5 Å². The molecule has 2 heterocycles. The van der Waals surface area contributed by atoms with Gasteiger partial charge in [0.25, 0.3) is 0 Å². The highest BCUT2D eigenvalue weighted by Crippen LogP contribution is 2.28. The molecule has 1 aromatic rings. The minimum Gasteiger partial charge on any atom is -0.481 e. The van der Waals surface area contributed by atoms with Crippen LogP contribution in [0.5, 0.6) is 0 Å². The van der Waals surface area contributed by atoms with Crippen LogP contribution < -0.4 is 10.6 Å². The quantitative estimate of drug-likeness (QED) is 0.812. The molecule has 1 amide bonds. The van der Waals surface area contributed by atoms with Crippen molar-refractivity contribution < 1.29 is 14.7 Å². The summed E-state index contributed by atoms with van der Waals surface area (Å²) in [5.41, 5.74) is 5.48. The lowest BCUT2D eigenvalue weighted by molar-refractivity contribution is -0.141. The number of hydrogen-bond acceptors (Lipinski definition) is 4. The summed E-state index contributed by atoms with van der Waals surface area (Å²) in [5.74, 6) is -0.996. The molecule has 0 radical (unpaired) electrons. The van der Waals surface area contributed by atoms with Crippen molar-refractivity contribution in [3.05, 3.63) is 23.9 Å². The molecular formula is C12H15N3O3. The van der Waals surface area contributed by atoms with E-state index in [1.165, 1.54) is 6.20 Å². The number of rotatable bonds is 3. The van der Waals surface area contributed by atoms with Gasteiger partial charge in [0.15, 0.2) is 0 Å². The first-order valence-corrected chi connectivity index (χ1v) is 5.76. The van der Waals surface area contributed by atoms with E-state index < -0.39 is 11.9 Å². The first-order chi connectivity index (χ1) is 8.50. The van der Waals surface area contributed by atoms with Crippen LogP contribution in [0.15, 0.2) is 18.3 Å². The fraction of sp³-hybridized carbons (Fsp3) is 0.417. The van der Waals surface area contributed by atoms with E-state index in [9.17, 15) is 9.59 Å². The van der Waals surface area contributed by atoms with E-state index in [0.717, 1.165) is 0 Å². The van der Waals surface area contributed by atoms with Gasteiger partial charge in [-0.1, -0.05) is 0 Å². The van der Waals surface area contributed by atoms with E-state index in [1.54, 1.807) is 12.1 Å². The van der Waals surface area contributed by atoms with Gasteiger partial charge in [-0.25, -0.2) is 4.98 Å². The maximum Gasteiger partial charge on any atom is 0.308 e. The fourth-order valence-electron chi connectivity index (χ4n) is 2.29. The van der Waals surface area contributed by atoms with Gasteiger partial charge < -0.3 is 15.7 Å². The Bertz CT molecular complexity index is 472. The zero-order chi connectivity index (χ0) is 13.3. The van der Waals surface area contributed by atoms with Gasteiger partial charge in [-0.2, -0.15) is 0 Å². The van der Waals surface area contributed by atoms with Crippen LogP contribution in [-0.2, 0) is 4.79 Å². The number of carbonyl (C=O) groups is 2. The highest BCUT2D eigenvalue weighted by molar-refractivity contribution is 5.92. The molecule has 3 N–H and O–H groups in total. The molecule has 0 aliphatic carbocycles. The number of amides is 1. The van der Waals surface area contributed by atoms with E-state index in [2.05, 4.69) is 4.98 Å². The van der Waals surface area contributed by atoms with E-state index in [0.29, 0.717) is 24.3 Å². The van der Waals surface area contributed by atoms with Crippen molar-refractivity contribution in [2.24, 2.45) is 11.7 Å². The minimum absolute atomic E-state index is 0.102. The van der Waals surface area contributed by atoms with E-state index in [-0.39, 0.29) is 12.0 Å². The number of pyridine rings is 1. The summed E-state index contributed by atoms with van der Waals surface area (Å²) in [6, 6.07) is 3.20. The van der Waals surface area contributed by atoms with Crippen LogP contribution in [0.4, 0.5) is 5.82 Å². The summed E-state index contributed by atoms with van der Waals surface area (Å²) >= 11 is 0. The summed E-state index contributed by atoms with van der Waals surface area (Å²) in [6.45, 7) is 2.52. The topological polar surface area (TPSA) is 96.5 Å². The minimum atomic E-state index is -0.779. The Balaban J connectivity index is 2.18. The van der Waals surface area contributed by atoms with Gasteiger partial charge >= 0.3 is 5.97 Å². The smallest absolute Gasteiger partial charge is 0.308 e. The van der Waals surface area contributed by atoms with Gasteiger partial charge in [-0.3, -0.25) is 9.59 Å². The number of nitrogens with zero attached hydrogens (tertiary/aromatic N) is 2. The third-order valence-corrected chi connectivity index (χ3v) is 3.40. The summed E-state index contributed by atoms with van der Waals surface area (Å²) in [4.78, 5) is 28.0. The van der Waals surface area contributed by atoms with Crippen molar-refractivity contribution in [2.45, 2.75) is 19.4 Å². The second-order valence-electron chi connectivity index (χ2n) is 4.44. The molecule has 1 aliphatic heterocycles. The number of nitrogens with two attached hydrogens (primary N) is 1. The van der Waals surface area contributed by atoms with Gasteiger partial charge in [-0.15, -0.1) is 0 Å². The molecule has 6 heteroatoms. The molecule has 2 unspecified atom stereocenters. The third kappa shape index (κ3) is 2.13. The average Bonchev–Trinajstić information content (AvgIpc) is 2.71. The third-order valence-electron chi connectivity index (χ3n) is 3.40. The van der Waals surface area contributed by atoms with Crippen LogP contribution in [0.25, 0.3) is 0 Å². The lowest BCUT2D eigenvalue weighted by Gasteiger charge is -2.24. The number of carbonyl (C=O) groups excluding carboxylic acids is 1. The molecule has 18 heavy (non-hydrogen) atoms. The van der Waals surface area contributed by atoms with Crippen LogP contribution in [0.1, 0.15) is 23.7 Å². The summed E-state index contributed by atoms with van der Waals surface area (Å²) in [6.07, 6.45) is 2.02. The Morgan fingerprint density at radius 1 is 1.50 bits per heavy atom. The largest absolute Gasteiger partial charge is 0.481 e. The maximum atomic E-state index is 11.0. The normalized spacial score (nSPS) is 23.1. The first-order valence-electron chi connectivity index (χ1n) is 5.76. The van der Waals surface area contributed by atoms with Crippen molar-refractivity contribution in [1.82, 2.24) is 4.98 Å². The lowest BCUT2D eigenvalue weighted by Crippen LogP contribution is -2.33. The summed E-state index contributed by atoms with van der Waals surface area (Å²) < 4.78 is 0. The maximum absolute atomic E-state index is 11.0. The van der Waals surface area contributed by atoms with Crippen LogP contribution in [-0.4, -0.2) is 34.6 Å². The Morgan fingerprint density at radius 2 is 2.22 bits per heavy atom. The number of aliphatic carboxylic acids is 1. The zero-order valence-electron chi connectivity index (χ0n) is 10.0. The Morgan fingerprint density at radius 3 is 2.67 bits per heavy atom. The molecule has 6 nitrogen and oxygen atoms in total. The lowest BCUT2D eigenvalue weighted by atomic mass is 10.0. The molecule has 1 saturated heterocycles. The van der Waals surface area contributed by atoms with Crippen LogP contribution in [0.2, 0.25) is 0 Å². The van der Waals surface area contributed by atoms with Gasteiger partial charge in [0.2, 0.25) is 5.91 Å². The van der Waals surface area contributed by atoms with Crippen molar-refractivity contribution >= 4 is 17.7 Å². The SMILES string of the molecule is CC1C(C(=O)O)CCN1c1ccc(C(N)=O)cn1. The molecule has 2 atom stereocenters. The molecule has 0 saturated carbocycles. The number of anilines is 1. The predicted molar refractivity (Wildman–Crippen MR) is 65.3 cm³/mol. The van der Waals surface area contributed by atoms with Crippen LogP contribution in [0, 0.1) is 5.92 Å². The molecule has 1 fully saturated rings. The summed E-state index contributed by atoms with van der Waals surface area (Å²) in [7, 11) is 0. The highest BCUT2D eigenvalue weighted by atomic mass is 16.4. The molecule has 1 aliphatic rings. The second kappa shape index (κ2) is 4.64. The Hall–Kier alpha value is -2.11. The zero-order valence-corrected chi connectivity index (χ0v) is 10.0. The average molecular weight is 249 g/mol. The predicted octanol–water partition coefficient (Wildman–Crippen LogP) is 0.480. The Kier molecular flexibility index (Phi) is 3.18. The standard InChI is InChI=1S/C12H15N3O3/c1-7-9(12(17)18)4-5-15(7)10-3-2-8(6-14-10)11(13)16/h2-3,6-7,9H,4-5H2,1H3,(H2,13,16)(H,17,18). The van der Waals surface area contributed by atoms with Gasteiger partial charge in [0.1, 0.15) is 5.82 Å². The van der Waals surface area contributed by atoms with Gasteiger partial charge in [0, 0.05) is 18.8 Å². The molecule has 0 aromatic carbocycles. The monoisotopic (exact) mass is 249 g/mol. The number of carboxylic acids is 1. The molecular weight excluding hydrogens is 234 g/mol.